The van der Waals surface area contributed by atoms with Gasteiger partial charge in [0.2, 0.25) is 0 Å². The molecule has 1 saturated heterocycles. The molecule has 3 heteroatoms. The van der Waals surface area contributed by atoms with Gasteiger partial charge in [0, 0.05) is 12.1 Å². The zero-order chi connectivity index (χ0) is 13.2. The van der Waals surface area contributed by atoms with Gasteiger partial charge in [0.15, 0.2) is 0 Å². The number of ether oxygens (including phenoxy) is 1. The summed E-state index contributed by atoms with van der Waals surface area (Å²) >= 11 is 0. The lowest BCUT2D eigenvalue weighted by Crippen LogP contribution is -2.55. The van der Waals surface area contributed by atoms with Gasteiger partial charge in [0.25, 0.3) is 0 Å². The fourth-order valence-electron chi connectivity index (χ4n) is 3.41. The van der Waals surface area contributed by atoms with Crippen LogP contribution in [0.2, 0.25) is 0 Å². The highest BCUT2D eigenvalue weighted by Gasteiger charge is 2.40. The van der Waals surface area contributed by atoms with Gasteiger partial charge in [-0.3, -0.25) is 9.69 Å². The van der Waals surface area contributed by atoms with Gasteiger partial charge in [-0.2, -0.15) is 0 Å². The molecule has 2 aliphatic rings. The Bertz CT molecular complexity index is 445. The van der Waals surface area contributed by atoms with Crippen LogP contribution in [0.1, 0.15) is 44.2 Å². The molecule has 0 N–H and O–H groups in total. The monoisotopic (exact) mass is 259 g/mol. The predicted molar refractivity (Wildman–Crippen MR) is 73.7 cm³/mol. The number of carbonyl (C=O) groups is 1. The highest BCUT2D eigenvalue weighted by Crippen LogP contribution is 2.34. The van der Waals surface area contributed by atoms with E-state index in [1.165, 1.54) is 18.4 Å². The maximum Gasteiger partial charge on any atom is 0.320 e. The smallest absolute Gasteiger partial charge is 0.320 e. The normalized spacial score (nSPS) is 29.4. The largest absolute Gasteiger partial charge is 0.460 e. The topological polar surface area (TPSA) is 29.5 Å². The second kappa shape index (κ2) is 5.33. The van der Waals surface area contributed by atoms with E-state index in [1.54, 1.807) is 0 Å². The van der Waals surface area contributed by atoms with Gasteiger partial charge < -0.3 is 4.74 Å². The maximum atomic E-state index is 11.8. The lowest BCUT2D eigenvalue weighted by molar-refractivity contribution is -0.170. The Morgan fingerprint density at radius 2 is 1.95 bits per heavy atom. The fourth-order valence-corrected chi connectivity index (χ4v) is 3.41. The quantitative estimate of drug-likeness (QED) is 0.765. The van der Waals surface area contributed by atoms with Crippen LogP contribution in [0, 0.1) is 0 Å². The van der Waals surface area contributed by atoms with Crippen LogP contribution < -0.4 is 0 Å². The molecule has 0 radical (unpaired) electrons. The van der Waals surface area contributed by atoms with Crippen molar-refractivity contribution in [2.24, 2.45) is 0 Å². The summed E-state index contributed by atoms with van der Waals surface area (Å²) in [5.74, 6) is -0.0640. The van der Waals surface area contributed by atoms with E-state index in [0.29, 0.717) is 12.6 Å². The highest BCUT2D eigenvalue weighted by molar-refractivity contribution is 5.73. The molecule has 0 spiro atoms. The second-order valence-electron chi connectivity index (χ2n) is 5.64. The lowest BCUT2D eigenvalue weighted by atomic mass is 9.88. The number of hydrogen-bond acceptors (Lipinski definition) is 3. The van der Waals surface area contributed by atoms with Crippen LogP contribution in [-0.2, 0) is 9.53 Å². The Morgan fingerprint density at radius 3 is 2.74 bits per heavy atom. The summed E-state index contributed by atoms with van der Waals surface area (Å²) < 4.78 is 5.53. The summed E-state index contributed by atoms with van der Waals surface area (Å²) in [6, 6.07) is 11.1. The van der Waals surface area contributed by atoms with E-state index >= 15 is 0 Å². The molecule has 1 aromatic rings. The van der Waals surface area contributed by atoms with Crippen molar-refractivity contribution in [1.29, 1.82) is 0 Å². The third-order valence-electron chi connectivity index (χ3n) is 4.47. The molecule has 1 aromatic carbocycles. The molecule has 3 rings (SSSR count). The molecule has 3 nitrogen and oxygen atoms in total. The van der Waals surface area contributed by atoms with E-state index in [0.717, 1.165) is 12.8 Å². The van der Waals surface area contributed by atoms with Gasteiger partial charge >= 0.3 is 5.97 Å². The van der Waals surface area contributed by atoms with Crippen molar-refractivity contribution >= 4 is 5.97 Å². The third kappa shape index (κ3) is 2.52. The summed E-state index contributed by atoms with van der Waals surface area (Å²) in [4.78, 5) is 14.1. The number of hydrogen-bond donors (Lipinski definition) is 0. The first-order valence-electron chi connectivity index (χ1n) is 7.26. The lowest BCUT2D eigenvalue weighted by Gasteiger charge is -2.45. The van der Waals surface area contributed by atoms with E-state index in [1.807, 2.05) is 6.07 Å². The van der Waals surface area contributed by atoms with Crippen LogP contribution >= 0.6 is 0 Å². The summed E-state index contributed by atoms with van der Waals surface area (Å²) in [6.45, 7) is 2.62. The Morgan fingerprint density at radius 1 is 1.21 bits per heavy atom. The number of fused-ring (bicyclic) bond motifs is 1. The summed E-state index contributed by atoms with van der Waals surface area (Å²) in [6.07, 6.45) is 4.71. The van der Waals surface area contributed by atoms with Gasteiger partial charge in [-0.1, -0.05) is 36.8 Å². The first-order chi connectivity index (χ1) is 9.25. The summed E-state index contributed by atoms with van der Waals surface area (Å²) in [5.41, 5.74) is 1.28. The van der Waals surface area contributed by atoms with Crippen molar-refractivity contribution in [3.63, 3.8) is 0 Å². The van der Waals surface area contributed by atoms with Crippen molar-refractivity contribution in [3.8, 4) is 0 Å². The van der Waals surface area contributed by atoms with Crippen LogP contribution in [-0.4, -0.2) is 29.6 Å². The van der Waals surface area contributed by atoms with Crippen LogP contribution in [0.4, 0.5) is 0 Å². The second-order valence-corrected chi connectivity index (χ2v) is 5.64. The van der Waals surface area contributed by atoms with E-state index in [2.05, 4.69) is 36.1 Å². The van der Waals surface area contributed by atoms with Crippen molar-refractivity contribution in [3.05, 3.63) is 35.9 Å². The zero-order valence-electron chi connectivity index (χ0n) is 11.4. The number of benzene rings is 1. The standard InChI is InChI=1S/C16H21NO2/c1-12(13-7-3-2-4-8-13)17-11-16(18)19-15-10-6-5-9-14(15)17/h2-4,7-8,12,14-15H,5-6,9-11H2,1H3/t12?,14?,15-/m1/s1. The third-order valence-corrected chi connectivity index (χ3v) is 4.47. The van der Waals surface area contributed by atoms with Crippen LogP contribution in [0.15, 0.2) is 30.3 Å². The number of esters is 1. The van der Waals surface area contributed by atoms with Gasteiger partial charge in [-0.05, 0) is 31.7 Å². The fraction of sp³-hybridized carbons (Fsp3) is 0.562. The molecule has 0 aromatic heterocycles. The minimum atomic E-state index is -0.0640. The molecule has 0 amide bonds. The van der Waals surface area contributed by atoms with Crippen molar-refractivity contribution in [1.82, 2.24) is 4.90 Å². The first kappa shape index (κ1) is 12.7. The molecule has 1 aliphatic carbocycles. The van der Waals surface area contributed by atoms with E-state index in [9.17, 15) is 4.79 Å². The highest BCUT2D eigenvalue weighted by atomic mass is 16.5. The molecule has 1 heterocycles. The van der Waals surface area contributed by atoms with E-state index in [4.69, 9.17) is 4.74 Å². The van der Waals surface area contributed by atoms with Crippen LogP contribution in [0.25, 0.3) is 0 Å². The molecule has 3 atom stereocenters. The Labute approximate surface area is 114 Å². The Kier molecular flexibility index (Phi) is 3.56. The average Bonchev–Trinajstić information content (AvgIpc) is 2.46. The molecule has 2 unspecified atom stereocenters. The Balaban J connectivity index is 1.83. The number of carbonyl (C=O) groups excluding carboxylic acids is 1. The van der Waals surface area contributed by atoms with E-state index < -0.39 is 0 Å². The van der Waals surface area contributed by atoms with Gasteiger partial charge in [-0.15, -0.1) is 0 Å². The predicted octanol–water partition coefficient (Wildman–Crippen LogP) is 2.92. The molecule has 102 valence electrons. The molecule has 19 heavy (non-hydrogen) atoms. The minimum Gasteiger partial charge on any atom is -0.460 e. The van der Waals surface area contributed by atoms with Gasteiger partial charge in [0.05, 0.1) is 6.54 Å². The zero-order valence-corrected chi connectivity index (χ0v) is 11.4. The summed E-state index contributed by atoms with van der Waals surface area (Å²) in [7, 11) is 0. The molecule has 1 aliphatic heterocycles. The number of morpholine rings is 1. The molecular formula is C16H21NO2. The summed E-state index contributed by atoms with van der Waals surface area (Å²) in [5, 5.41) is 0. The molecule has 1 saturated carbocycles. The molecular weight excluding hydrogens is 238 g/mol. The van der Waals surface area contributed by atoms with Crippen LogP contribution in [0.5, 0.6) is 0 Å². The maximum absolute atomic E-state index is 11.8. The first-order valence-corrected chi connectivity index (χ1v) is 7.26. The number of rotatable bonds is 2. The van der Waals surface area contributed by atoms with Gasteiger partial charge in [0.1, 0.15) is 6.10 Å². The van der Waals surface area contributed by atoms with Crippen molar-refractivity contribution in [2.75, 3.05) is 6.54 Å². The van der Waals surface area contributed by atoms with Crippen LogP contribution in [0.3, 0.4) is 0 Å². The van der Waals surface area contributed by atoms with Crippen molar-refractivity contribution in [2.45, 2.75) is 50.8 Å². The minimum absolute atomic E-state index is 0.0640. The van der Waals surface area contributed by atoms with Crippen molar-refractivity contribution < 1.29 is 9.53 Å². The average molecular weight is 259 g/mol. The van der Waals surface area contributed by atoms with E-state index in [-0.39, 0.29) is 18.1 Å². The van der Waals surface area contributed by atoms with Gasteiger partial charge in [-0.25, -0.2) is 0 Å². The SMILES string of the molecule is CC(c1ccccc1)N1CC(=O)O[C@@H]2CCCCC21. The molecule has 0 bridgehead atoms. The molecule has 2 fully saturated rings. The Hall–Kier alpha value is -1.35. The number of nitrogens with zero attached hydrogens (tertiary/aromatic N) is 1.